The number of imidazole rings is 1. The van der Waals surface area contributed by atoms with Gasteiger partial charge in [-0.1, -0.05) is 12.1 Å². The minimum atomic E-state index is -0.211. The van der Waals surface area contributed by atoms with Crippen LogP contribution in [-0.2, 0) is 7.05 Å². The Morgan fingerprint density at radius 2 is 2.24 bits per heavy atom. The monoisotopic (exact) mass is 293 g/mol. The third-order valence-electron chi connectivity index (χ3n) is 2.38. The maximum Gasteiger partial charge on any atom is 0.275 e. The van der Waals surface area contributed by atoms with Crippen LogP contribution in [0.4, 0.5) is 5.69 Å². The molecule has 1 amide bonds. The molecular weight excluding hydrogens is 282 g/mol. The van der Waals surface area contributed by atoms with Crippen LogP contribution in [0.3, 0.4) is 0 Å². The number of nitrogens with one attached hydrogen (secondary N) is 1. The van der Waals surface area contributed by atoms with Crippen LogP contribution >= 0.6 is 15.9 Å². The first-order valence-corrected chi connectivity index (χ1v) is 5.91. The molecule has 2 rings (SSSR count). The number of aromatic nitrogens is 2. The van der Waals surface area contributed by atoms with Gasteiger partial charge in [0.25, 0.3) is 5.91 Å². The molecule has 1 N–H and O–H groups in total. The molecule has 0 saturated carbocycles. The van der Waals surface area contributed by atoms with Gasteiger partial charge in [-0.2, -0.15) is 0 Å². The van der Waals surface area contributed by atoms with Gasteiger partial charge in [-0.05, 0) is 34.5 Å². The van der Waals surface area contributed by atoms with Gasteiger partial charge in [0.05, 0.1) is 12.0 Å². The van der Waals surface area contributed by atoms with Crippen LogP contribution in [0.1, 0.15) is 16.1 Å². The highest BCUT2D eigenvalue weighted by Gasteiger charge is 2.11. The minimum absolute atomic E-state index is 0.211. The van der Waals surface area contributed by atoms with Crippen molar-refractivity contribution in [3.05, 3.63) is 46.5 Å². The first-order valence-electron chi connectivity index (χ1n) is 5.12. The maximum absolute atomic E-state index is 11.9. The van der Waals surface area contributed by atoms with Gasteiger partial charge >= 0.3 is 0 Å². The predicted octanol–water partition coefficient (Wildman–Crippen LogP) is 2.74. The Hall–Kier alpha value is -1.62. The molecule has 0 aliphatic carbocycles. The quantitative estimate of drug-likeness (QED) is 0.925. The summed E-state index contributed by atoms with van der Waals surface area (Å²) in [5, 5.41) is 2.82. The minimum Gasteiger partial charge on any atom is -0.340 e. The number of hydrogen-bond acceptors (Lipinski definition) is 2. The molecule has 4 nitrogen and oxygen atoms in total. The van der Waals surface area contributed by atoms with E-state index < -0.39 is 0 Å². The van der Waals surface area contributed by atoms with Crippen LogP contribution in [0.25, 0.3) is 0 Å². The number of amides is 1. The Kier molecular flexibility index (Phi) is 3.28. The summed E-state index contributed by atoms with van der Waals surface area (Å²) in [6, 6.07) is 5.71. The van der Waals surface area contributed by atoms with Crippen molar-refractivity contribution >= 4 is 27.5 Å². The number of carbonyl (C=O) groups is 1. The lowest BCUT2D eigenvalue weighted by atomic mass is 10.2. The zero-order valence-corrected chi connectivity index (χ0v) is 11.2. The van der Waals surface area contributed by atoms with Crippen LogP contribution in [-0.4, -0.2) is 15.5 Å². The summed E-state index contributed by atoms with van der Waals surface area (Å²) in [6.45, 7) is 1.97. The molecule has 17 heavy (non-hydrogen) atoms. The SMILES string of the molecule is Cc1cccc(NC(=O)c2cn(C)cn2)c1Br. The number of carbonyl (C=O) groups excluding carboxylic acids is 1. The Morgan fingerprint density at radius 1 is 1.47 bits per heavy atom. The first kappa shape index (κ1) is 11.9. The molecular formula is C12H12BrN3O. The average molecular weight is 294 g/mol. The van der Waals surface area contributed by atoms with E-state index in [1.807, 2.05) is 32.2 Å². The first-order chi connectivity index (χ1) is 8.08. The van der Waals surface area contributed by atoms with Crippen molar-refractivity contribution in [2.75, 3.05) is 5.32 Å². The molecule has 88 valence electrons. The van der Waals surface area contributed by atoms with Crippen LogP contribution < -0.4 is 5.32 Å². The van der Waals surface area contributed by atoms with E-state index in [4.69, 9.17) is 0 Å². The molecule has 0 spiro atoms. The molecule has 1 aromatic heterocycles. The summed E-state index contributed by atoms with van der Waals surface area (Å²) in [5.74, 6) is -0.211. The van der Waals surface area contributed by atoms with Crippen LogP contribution in [0.2, 0.25) is 0 Å². The van der Waals surface area contributed by atoms with E-state index in [0.29, 0.717) is 5.69 Å². The summed E-state index contributed by atoms with van der Waals surface area (Å²) in [4.78, 5) is 15.9. The summed E-state index contributed by atoms with van der Waals surface area (Å²) in [6.07, 6.45) is 3.28. The fourth-order valence-electron chi connectivity index (χ4n) is 1.46. The van der Waals surface area contributed by atoms with Crippen molar-refractivity contribution in [3.8, 4) is 0 Å². The normalized spacial score (nSPS) is 10.3. The number of rotatable bonds is 2. The predicted molar refractivity (Wildman–Crippen MR) is 70.0 cm³/mol. The van der Waals surface area contributed by atoms with Gasteiger partial charge in [-0.15, -0.1) is 0 Å². The topological polar surface area (TPSA) is 46.9 Å². The molecule has 0 fully saturated rings. The number of hydrogen-bond donors (Lipinski definition) is 1. The van der Waals surface area contributed by atoms with Gasteiger partial charge < -0.3 is 9.88 Å². The molecule has 0 radical (unpaired) electrons. The smallest absolute Gasteiger partial charge is 0.275 e. The van der Waals surface area contributed by atoms with E-state index >= 15 is 0 Å². The second kappa shape index (κ2) is 4.71. The van der Waals surface area contributed by atoms with Gasteiger partial charge in [0, 0.05) is 17.7 Å². The van der Waals surface area contributed by atoms with Crippen molar-refractivity contribution in [1.29, 1.82) is 0 Å². The number of aryl methyl sites for hydroxylation is 2. The number of benzene rings is 1. The summed E-state index contributed by atoms with van der Waals surface area (Å²) >= 11 is 3.45. The molecule has 0 saturated heterocycles. The standard InChI is InChI=1S/C12H12BrN3O/c1-8-4-3-5-9(11(8)13)15-12(17)10-6-16(2)7-14-10/h3-7H,1-2H3,(H,15,17). The van der Waals surface area contributed by atoms with Crippen molar-refractivity contribution in [3.63, 3.8) is 0 Å². The molecule has 1 aromatic carbocycles. The summed E-state index contributed by atoms with van der Waals surface area (Å²) < 4.78 is 2.63. The van der Waals surface area contributed by atoms with Crippen LogP contribution in [0.15, 0.2) is 35.2 Å². The lowest BCUT2D eigenvalue weighted by Gasteiger charge is -2.07. The van der Waals surface area contributed by atoms with Gasteiger partial charge in [0.2, 0.25) is 0 Å². The van der Waals surface area contributed by atoms with E-state index in [2.05, 4.69) is 26.2 Å². The van der Waals surface area contributed by atoms with Gasteiger partial charge in [0.1, 0.15) is 5.69 Å². The molecule has 0 bridgehead atoms. The average Bonchev–Trinajstić information content (AvgIpc) is 2.72. The van der Waals surface area contributed by atoms with Crippen molar-refractivity contribution < 1.29 is 4.79 Å². The van der Waals surface area contributed by atoms with E-state index in [9.17, 15) is 4.79 Å². The fraction of sp³-hybridized carbons (Fsp3) is 0.167. The highest BCUT2D eigenvalue weighted by molar-refractivity contribution is 9.10. The number of nitrogens with zero attached hydrogens (tertiary/aromatic N) is 2. The van der Waals surface area contributed by atoms with Crippen LogP contribution in [0, 0.1) is 6.92 Å². The Labute approximate surface area is 108 Å². The Morgan fingerprint density at radius 3 is 2.88 bits per heavy atom. The second-order valence-corrected chi connectivity index (χ2v) is 4.61. The highest BCUT2D eigenvalue weighted by atomic mass is 79.9. The molecule has 0 aliphatic rings. The third-order valence-corrected chi connectivity index (χ3v) is 3.43. The number of anilines is 1. The lowest BCUT2D eigenvalue weighted by molar-refractivity contribution is 0.102. The third kappa shape index (κ3) is 2.55. The maximum atomic E-state index is 11.9. The van der Waals surface area contributed by atoms with Crippen LogP contribution in [0.5, 0.6) is 0 Å². The van der Waals surface area contributed by atoms with E-state index in [-0.39, 0.29) is 5.91 Å². The Bertz CT molecular complexity index is 563. The van der Waals surface area contributed by atoms with Crippen molar-refractivity contribution in [1.82, 2.24) is 9.55 Å². The molecule has 0 atom stereocenters. The molecule has 2 aromatic rings. The molecule has 1 heterocycles. The van der Waals surface area contributed by atoms with Crippen molar-refractivity contribution in [2.45, 2.75) is 6.92 Å². The molecule has 5 heteroatoms. The second-order valence-electron chi connectivity index (χ2n) is 3.81. The van der Waals surface area contributed by atoms with Gasteiger partial charge in [0.15, 0.2) is 0 Å². The van der Waals surface area contributed by atoms with Gasteiger partial charge in [-0.3, -0.25) is 4.79 Å². The zero-order valence-electron chi connectivity index (χ0n) is 9.57. The van der Waals surface area contributed by atoms with Crippen molar-refractivity contribution in [2.24, 2.45) is 7.05 Å². The lowest BCUT2D eigenvalue weighted by Crippen LogP contribution is -2.12. The Balaban J connectivity index is 2.21. The van der Waals surface area contributed by atoms with Gasteiger partial charge in [-0.25, -0.2) is 4.98 Å². The number of halogens is 1. The van der Waals surface area contributed by atoms with E-state index in [1.54, 1.807) is 17.1 Å². The zero-order chi connectivity index (χ0) is 12.4. The summed E-state index contributed by atoms with van der Waals surface area (Å²) in [5.41, 5.74) is 2.23. The summed E-state index contributed by atoms with van der Waals surface area (Å²) in [7, 11) is 1.83. The van der Waals surface area contributed by atoms with E-state index in [0.717, 1.165) is 15.7 Å². The fourth-order valence-corrected chi connectivity index (χ4v) is 1.82. The highest BCUT2D eigenvalue weighted by Crippen LogP contribution is 2.25. The molecule has 0 aliphatic heterocycles. The molecule has 0 unspecified atom stereocenters. The largest absolute Gasteiger partial charge is 0.340 e. The van der Waals surface area contributed by atoms with E-state index in [1.165, 1.54) is 0 Å².